The van der Waals surface area contributed by atoms with Gasteiger partial charge in [0.15, 0.2) is 0 Å². The van der Waals surface area contributed by atoms with E-state index >= 15 is 0 Å². The molecule has 1 fully saturated rings. The highest BCUT2D eigenvalue weighted by atomic mass is 32.2. The summed E-state index contributed by atoms with van der Waals surface area (Å²) >= 11 is 0. The molecule has 1 aromatic carbocycles. The Bertz CT molecular complexity index is 1040. The minimum absolute atomic E-state index is 0.148. The lowest BCUT2D eigenvalue weighted by atomic mass is 10.2. The van der Waals surface area contributed by atoms with Crippen LogP contribution in [0.4, 0.5) is 4.39 Å². The monoisotopic (exact) mass is 388 g/mol. The maximum atomic E-state index is 13.4. The highest BCUT2D eigenvalue weighted by Gasteiger charge is 2.29. The number of hydrogen-bond donors (Lipinski definition) is 0. The summed E-state index contributed by atoms with van der Waals surface area (Å²) in [5, 5.41) is 0. The fraction of sp³-hybridized carbons (Fsp3) is 0.316. The molecule has 0 N–H and O–H groups in total. The lowest BCUT2D eigenvalue weighted by molar-refractivity contribution is 0.180. The number of hydrogen-bond acceptors (Lipinski definition) is 4. The van der Waals surface area contributed by atoms with Crippen molar-refractivity contribution in [3.05, 3.63) is 65.9 Å². The van der Waals surface area contributed by atoms with Crippen molar-refractivity contribution in [2.75, 3.05) is 26.2 Å². The van der Waals surface area contributed by atoms with E-state index in [9.17, 15) is 12.8 Å². The molecule has 0 atom stereocenters. The van der Waals surface area contributed by atoms with Crippen LogP contribution in [0.5, 0.6) is 0 Å². The molecule has 0 aliphatic carbocycles. The second-order valence-electron chi connectivity index (χ2n) is 6.79. The average molecular weight is 388 g/mol. The van der Waals surface area contributed by atoms with E-state index in [4.69, 9.17) is 0 Å². The highest BCUT2D eigenvalue weighted by Crippen LogP contribution is 2.20. The van der Waals surface area contributed by atoms with Crippen LogP contribution in [0, 0.1) is 12.7 Å². The van der Waals surface area contributed by atoms with Crippen LogP contribution in [-0.2, 0) is 16.6 Å². The molecule has 0 spiro atoms. The Morgan fingerprint density at radius 2 is 1.89 bits per heavy atom. The van der Waals surface area contributed by atoms with Crippen molar-refractivity contribution in [1.29, 1.82) is 0 Å². The number of fused-ring (bicyclic) bond motifs is 1. The minimum Gasteiger partial charge on any atom is -0.307 e. The summed E-state index contributed by atoms with van der Waals surface area (Å²) in [5.74, 6) is -0.397. The number of benzene rings is 1. The van der Waals surface area contributed by atoms with Crippen LogP contribution in [0.25, 0.3) is 5.65 Å². The molecule has 3 aromatic rings. The standard InChI is InChI=1S/C19H21FN4O2S/c1-15-12-17(5-6-18(15)20)27(25,26)24-10-8-22(9-11-24)13-16-14-23-7-3-2-4-19(23)21-16/h2-7,12,14H,8-11,13H2,1H3. The van der Waals surface area contributed by atoms with E-state index < -0.39 is 15.8 Å². The van der Waals surface area contributed by atoms with Gasteiger partial charge in [-0.15, -0.1) is 0 Å². The average Bonchev–Trinajstić information content (AvgIpc) is 3.06. The minimum atomic E-state index is -3.60. The molecule has 6 nitrogen and oxygen atoms in total. The number of imidazole rings is 1. The summed E-state index contributed by atoms with van der Waals surface area (Å²) in [6, 6.07) is 9.81. The normalized spacial score (nSPS) is 16.8. The van der Waals surface area contributed by atoms with Gasteiger partial charge in [-0.1, -0.05) is 6.07 Å². The molecule has 0 unspecified atom stereocenters. The Morgan fingerprint density at radius 1 is 1.11 bits per heavy atom. The molecule has 0 radical (unpaired) electrons. The van der Waals surface area contributed by atoms with Gasteiger partial charge in [0.1, 0.15) is 11.5 Å². The lowest BCUT2D eigenvalue weighted by Gasteiger charge is -2.33. The molecule has 142 valence electrons. The van der Waals surface area contributed by atoms with Gasteiger partial charge < -0.3 is 4.40 Å². The van der Waals surface area contributed by atoms with E-state index in [1.165, 1.54) is 22.5 Å². The fourth-order valence-corrected chi connectivity index (χ4v) is 4.86. The molecular weight excluding hydrogens is 367 g/mol. The van der Waals surface area contributed by atoms with E-state index in [0.717, 1.165) is 11.3 Å². The summed E-state index contributed by atoms with van der Waals surface area (Å²) in [5.41, 5.74) is 2.20. The SMILES string of the molecule is Cc1cc(S(=O)(=O)N2CCN(Cc3cn4ccccc4n3)CC2)ccc1F. The first-order valence-electron chi connectivity index (χ1n) is 8.85. The van der Waals surface area contributed by atoms with Crippen LogP contribution in [0.2, 0.25) is 0 Å². The number of sulfonamides is 1. The van der Waals surface area contributed by atoms with Gasteiger partial charge in [0.25, 0.3) is 0 Å². The number of nitrogens with zero attached hydrogens (tertiary/aromatic N) is 4. The number of piperazine rings is 1. The molecule has 1 saturated heterocycles. The first-order valence-corrected chi connectivity index (χ1v) is 10.3. The molecule has 1 aliphatic rings. The topological polar surface area (TPSA) is 57.9 Å². The maximum absolute atomic E-state index is 13.4. The number of rotatable bonds is 4. The van der Waals surface area contributed by atoms with Crippen LogP contribution in [0.3, 0.4) is 0 Å². The molecule has 27 heavy (non-hydrogen) atoms. The summed E-state index contributed by atoms with van der Waals surface area (Å²) in [6.45, 7) is 4.34. The molecule has 8 heteroatoms. The summed E-state index contributed by atoms with van der Waals surface area (Å²) in [7, 11) is -3.60. The van der Waals surface area contributed by atoms with Crippen LogP contribution in [0.15, 0.2) is 53.7 Å². The third-order valence-electron chi connectivity index (χ3n) is 4.90. The smallest absolute Gasteiger partial charge is 0.243 e. The quantitative estimate of drug-likeness (QED) is 0.688. The van der Waals surface area contributed by atoms with Crippen LogP contribution >= 0.6 is 0 Å². The predicted octanol–water partition coefficient (Wildman–Crippen LogP) is 2.29. The Balaban J connectivity index is 1.42. The molecule has 0 saturated carbocycles. The van der Waals surface area contributed by atoms with Gasteiger partial charge in [0.2, 0.25) is 10.0 Å². The third kappa shape index (κ3) is 3.60. The van der Waals surface area contributed by atoms with Crippen molar-refractivity contribution >= 4 is 15.7 Å². The van der Waals surface area contributed by atoms with Crippen molar-refractivity contribution in [2.24, 2.45) is 0 Å². The first kappa shape index (κ1) is 18.1. The van der Waals surface area contributed by atoms with Crippen molar-refractivity contribution in [3.63, 3.8) is 0 Å². The lowest BCUT2D eigenvalue weighted by Crippen LogP contribution is -2.48. The van der Waals surface area contributed by atoms with Crippen molar-refractivity contribution in [3.8, 4) is 0 Å². The van der Waals surface area contributed by atoms with Gasteiger partial charge in [-0.05, 0) is 42.8 Å². The van der Waals surface area contributed by atoms with Crippen LogP contribution in [-0.4, -0.2) is 53.2 Å². The van der Waals surface area contributed by atoms with Crippen molar-refractivity contribution in [2.45, 2.75) is 18.4 Å². The van der Waals surface area contributed by atoms with E-state index in [0.29, 0.717) is 38.3 Å². The third-order valence-corrected chi connectivity index (χ3v) is 6.79. The number of halogens is 1. The Kier molecular flexibility index (Phi) is 4.71. The van der Waals surface area contributed by atoms with Crippen LogP contribution in [0.1, 0.15) is 11.3 Å². The van der Waals surface area contributed by atoms with E-state index in [-0.39, 0.29) is 4.90 Å². The van der Waals surface area contributed by atoms with Gasteiger partial charge in [-0.25, -0.2) is 17.8 Å². The summed E-state index contributed by atoms with van der Waals surface area (Å²) in [4.78, 5) is 6.94. The molecule has 2 aromatic heterocycles. The largest absolute Gasteiger partial charge is 0.307 e. The zero-order chi connectivity index (χ0) is 19.0. The zero-order valence-electron chi connectivity index (χ0n) is 15.0. The first-order chi connectivity index (χ1) is 12.9. The molecule has 4 rings (SSSR count). The van der Waals surface area contributed by atoms with Gasteiger partial charge in [0, 0.05) is 45.1 Å². The van der Waals surface area contributed by atoms with E-state index in [2.05, 4.69) is 9.88 Å². The maximum Gasteiger partial charge on any atom is 0.243 e. The van der Waals surface area contributed by atoms with E-state index in [1.807, 2.05) is 35.0 Å². The van der Waals surface area contributed by atoms with Crippen LogP contribution < -0.4 is 0 Å². The van der Waals surface area contributed by atoms with Gasteiger partial charge in [-0.3, -0.25) is 4.90 Å². The Labute approximate surface area is 157 Å². The van der Waals surface area contributed by atoms with Gasteiger partial charge >= 0.3 is 0 Å². The molecular formula is C19H21FN4O2S. The second kappa shape index (κ2) is 7.03. The molecule has 3 heterocycles. The predicted molar refractivity (Wildman–Crippen MR) is 100 cm³/mol. The number of aromatic nitrogens is 2. The molecule has 0 amide bonds. The molecule has 1 aliphatic heterocycles. The van der Waals surface area contributed by atoms with Crippen molar-refractivity contribution in [1.82, 2.24) is 18.6 Å². The zero-order valence-corrected chi connectivity index (χ0v) is 15.9. The summed E-state index contributed by atoms with van der Waals surface area (Å²) in [6.07, 6.45) is 3.96. The molecule has 0 bridgehead atoms. The van der Waals surface area contributed by atoms with Gasteiger partial charge in [0.05, 0.1) is 10.6 Å². The second-order valence-corrected chi connectivity index (χ2v) is 8.73. The number of pyridine rings is 1. The van der Waals surface area contributed by atoms with E-state index in [1.54, 1.807) is 6.92 Å². The fourth-order valence-electron chi connectivity index (χ4n) is 3.35. The highest BCUT2D eigenvalue weighted by molar-refractivity contribution is 7.89. The Hall–Kier alpha value is -2.29. The summed E-state index contributed by atoms with van der Waals surface area (Å²) < 4.78 is 42.5. The van der Waals surface area contributed by atoms with Crippen molar-refractivity contribution < 1.29 is 12.8 Å². The van der Waals surface area contributed by atoms with Gasteiger partial charge in [-0.2, -0.15) is 4.31 Å². The number of aryl methyl sites for hydroxylation is 1. The Morgan fingerprint density at radius 3 is 2.59 bits per heavy atom.